The van der Waals surface area contributed by atoms with Gasteiger partial charge in [0.25, 0.3) is 0 Å². The van der Waals surface area contributed by atoms with Crippen molar-refractivity contribution in [3.63, 3.8) is 0 Å². The zero-order valence-electron chi connectivity index (χ0n) is 10.6. The van der Waals surface area contributed by atoms with Gasteiger partial charge in [-0.15, -0.1) is 5.10 Å². The predicted molar refractivity (Wildman–Crippen MR) is 76.7 cm³/mol. The number of amides is 1. The van der Waals surface area contributed by atoms with Gasteiger partial charge in [-0.1, -0.05) is 36.0 Å². The third-order valence-corrected chi connectivity index (χ3v) is 3.45. The standard InChI is InChI=1S/C13H13N3O2S/c1-8(15-16-13-14-12(18)7-19-13)10-3-5-11(6-4-10)9(2)17/h3-6H,7H2,1-2H3,(H,14,16,18)/b15-8-. The van der Waals surface area contributed by atoms with Crippen LogP contribution in [0.25, 0.3) is 0 Å². The molecule has 1 aliphatic rings. The third kappa shape index (κ3) is 3.51. The molecule has 0 spiro atoms. The fourth-order valence-corrected chi connectivity index (χ4v) is 2.13. The Morgan fingerprint density at radius 2 is 1.84 bits per heavy atom. The van der Waals surface area contributed by atoms with Crippen LogP contribution in [0.2, 0.25) is 0 Å². The summed E-state index contributed by atoms with van der Waals surface area (Å²) in [6, 6.07) is 7.18. The lowest BCUT2D eigenvalue weighted by Crippen LogP contribution is -2.19. The van der Waals surface area contributed by atoms with Crippen LogP contribution in [0.15, 0.2) is 34.5 Å². The minimum Gasteiger partial charge on any atom is -0.303 e. The normalized spacial score (nSPS) is 17.7. The van der Waals surface area contributed by atoms with Crippen molar-refractivity contribution in [2.45, 2.75) is 13.8 Å². The Balaban J connectivity index is 2.12. The summed E-state index contributed by atoms with van der Waals surface area (Å²) >= 11 is 1.33. The Morgan fingerprint density at radius 1 is 1.21 bits per heavy atom. The average Bonchev–Trinajstić information content (AvgIpc) is 2.82. The van der Waals surface area contributed by atoms with Crippen molar-refractivity contribution in [2.75, 3.05) is 5.75 Å². The van der Waals surface area contributed by atoms with Gasteiger partial charge in [0.1, 0.15) is 0 Å². The summed E-state index contributed by atoms with van der Waals surface area (Å²) in [6.07, 6.45) is 0. The van der Waals surface area contributed by atoms with Gasteiger partial charge in [-0.2, -0.15) is 5.10 Å². The minimum absolute atomic E-state index is 0.0338. The van der Waals surface area contributed by atoms with E-state index in [1.54, 1.807) is 12.1 Å². The van der Waals surface area contributed by atoms with Gasteiger partial charge < -0.3 is 5.32 Å². The number of Topliss-reactive ketones (excluding diaryl/α,β-unsaturated/α-hetero) is 1. The quantitative estimate of drug-likeness (QED) is 0.520. The van der Waals surface area contributed by atoms with E-state index in [0.29, 0.717) is 16.5 Å². The molecule has 1 N–H and O–H groups in total. The first-order valence-corrected chi connectivity index (χ1v) is 6.71. The Labute approximate surface area is 115 Å². The highest BCUT2D eigenvalue weighted by atomic mass is 32.2. The van der Waals surface area contributed by atoms with E-state index in [1.165, 1.54) is 18.7 Å². The smallest absolute Gasteiger partial charge is 0.236 e. The number of hydrogen-bond acceptors (Lipinski definition) is 5. The molecule has 0 unspecified atom stereocenters. The molecule has 0 atom stereocenters. The molecular weight excluding hydrogens is 262 g/mol. The number of benzene rings is 1. The predicted octanol–water partition coefficient (Wildman–Crippen LogP) is 1.83. The lowest BCUT2D eigenvalue weighted by molar-refractivity contribution is -0.116. The minimum atomic E-state index is -0.0533. The van der Waals surface area contributed by atoms with Crippen LogP contribution >= 0.6 is 11.8 Å². The first-order chi connectivity index (χ1) is 9.06. The largest absolute Gasteiger partial charge is 0.303 e. The van der Waals surface area contributed by atoms with Gasteiger partial charge in [-0.05, 0) is 19.4 Å². The molecule has 1 heterocycles. The molecular formula is C13H13N3O2S. The summed E-state index contributed by atoms with van der Waals surface area (Å²) in [5.74, 6) is 0.370. The third-order valence-electron chi connectivity index (χ3n) is 2.59. The van der Waals surface area contributed by atoms with Gasteiger partial charge in [0.05, 0.1) is 11.5 Å². The lowest BCUT2D eigenvalue weighted by atomic mass is 10.1. The molecule has 1 fully saturated rings. The number of ketones is 1. The number of thioether (sulfide) groups is 1. The van der Waals surface area contributed by atoms with E-state index < -0.39 is 0 Å². The molecule has 1 aromatic rings. The number of carbonyl (C=O) groups is 2. The number of amidine groups is 1. The van der Waals surface area contributed by atoms with Crippen LogP contribution in [0, 0.1) is 0 Å². The number of rotatable bonds is 3. The molecule has 0 aromatic heterocycles. The van der Waals surface area contributed by atoms with Crippen LogP contribution in [0.1, 0.15) is 29.8 Å². The summed E-state index contributed by atoms with van der Waals surface area (Å²) in [6.45, 7) is 3.36. The summed E-state index contributed by atoms with van der Waals surface area (Å²) < 4.78 is 0. The highest BCUT2D eigenvalue weighted by molar-refractivity contribution is 8.15. The number of carbonyl (C=O) groups excluding carboxylic acids is 2. The van der Waals surface area contributed by atoms with Gasteiger partial charge in [-0.3, -0.25) is 9.59 Å². The van der Waals surface area contributed by atoms with E-state index in [4.69, 9.17) is 0 Å². The van der Waals surface area contributed by atoms with Gasteiger partial charge >= 0.3 is 0 Å². The molecule has 1 amide bonds. The van der Waals surface area contributed by atoms with Crippen molar-refractivity contribution < 1.29 is 9.59 Å². The zero-order valence-corrected chi connectivity index (χ0v) is 11.5. The maximum atomic E-state index is 11.2. The first-order valence-electron chi connectivity index (χ1n) is 5.72. The summed E-state index contributed by atoms with van der Waals surface area (Å²) in [4.78, 5) is 22.1. The van der Waals surface area contributed by atoms with Crippen LogP contribution in [0.4, 0.5) is 0 Å². The SMILES string of the molecule is CC(=O)c1ccc(/C(C)=N\N=C2/NC(=O)CS2)cc1. The highest BCUT2D eigenvalue weighted by Gasteiger charge is 2.16. The molecule has 1 saturated heterocycles. The molecule has 1 aromatic carbocycles. The lowest BCUT2D eigenvalue weighted by Gasteiger charge is -2.00. The maximum Gasteiger partial charge on any atom is 0.236 e. The van der Waals surface area contributed by atoms with Gasteiger partial charge in [-0.25, -0.2) is 0 Å². The molecule has 2 rings (SSSR count). The van der Waals surface area contributed by atoms with Crippen molar-refractivity contribution in [3.8, 4) is 0 Å². The molecule has 0 saturated carbocycles. The van der Waals surface area contributed by atoms with E-state index in [0.717, 1.165) is 11.3 Å². The van der Waals surface area contributed by atoms with E-state index in [1.807, 2.05) is 19.1 Å². The number of nitrogens with zero attached hydrogens (tertiary/aromatic N) is 2. The maximum absolute atomic E-state index is 11.2. The Bertz CT molecular complexity index is 576. The number of hydrogen-bond donors (Lipinski definition) is 1. The van der Waals surface area contributed by atoms with Gasteiger partial charge in [0.2, 0.25) is 5.91 Å². The summed E-state index contributed by atoms with van der Waals surface area (Å²) in [5.41, 5.74) is 2.29. The monoisotopic (exact) mass is 275 g/mol. The summed E-state index contributed by atoms with van der Waals surface area (Å²) in [5, 5.41) is 11.2. The topological polar surface area (TPSA) is 70.9 Å². The Kier molecular flexibility index (Phi) is 4.11. The highest BCUT2D eigenvalue weighted by Crippen LogP contribution is 2.10. The molecule has 6 heteroatoms. The van der Waals surface area contributed by atoms with Crippen LogP contribution < -0.4 is 5.32 Å². The first kappa shape index (κ1) is 13.5. The van der Waals surface area contributed by atoms with Gasteiger partial charge in [0.15, 0.2) is 11.0 Å². The van der Waals surface area contributed by atoms with Crippen LogP contribution in [-0.4, -0.2) is 28.3 Å². The molecule has 0 radical (unpaired) electrons. The van der Waals surface area contributed by atoms with Crippen LogP contribution in [-0.2, 0) is 4.79 Å². The second-order valence-corrected chi connectivity index (χ2v) is 5.02. The van der Waals surface area contributed by atoms with E-state index in [2.05, 4.69) is 15.5 Å². The molecule has 98 valence electrons. The Hall–Kier alpha value is -1.95. The van der Waals surface area contributed by atoms with E-state index in [-0.39, 0.29) is 11.7 Å². The fourth-order valence-electron chi connectivity index (χ4n) is 1.50. The molecule has 19 heavy (non-hydrogen) atoms. The van der Waals surface area contributed by atoms with Crippen molar-refractivity contribution in [1.29, 1.82) is 0 Å². The van der Waals surface area contributed by atoms with Crippen molar-refractivity contribution in [2.24, 2.45) is 10.2 Å². The Morgan fingerprint density at radius 3 is 2.37 bits per heavy atom. The molecule has 0 bridgehead atoms. The number of nitrogens with one attached hydrogen (secondary N) is 1. The van der Waals surface area contributed by atoms with Crippen molar-refractivity contribution in [3.05, 3.63) is 35.4 Å². The molecule has 0 aliphatic carbocycles. The van der Waals surface area contributed by atoms with E-state index in [9.17, 15) is 9.59 Å². The fraction of sp³-hybridized carbons (Fsp3) is 0.231. The molecule has 5 nitrogen and oxygen atoms in total. The summed E-state index contributed by atoms with van der Waals surface area (Å²) in [7, 11) is 0. The zero-order chi connectivity index (χ0) is 13.8. The van der Waals surface area contributed by atoms with Crippen molar-refractivity contribution in [1.82, 2.24) is 5.32 Å². The van der Waals surface area contributed by atoms with Crippen LogP contribution in [0.5, 0.6) is 0 Å². The van der Waals surface area contributed by atoms with Crippen LogP contribution in [0.3, 0.4) is 0 Å². The van der Waals surface area contributed by atoms with E-state index >= 15 is 0 Å². The van der Waals surface area contributed by atoms with Crippen molar-refractivity contribution >= 4 is 34.3 Å². The second-order valence-electron chi connectivity index (χ2n) is 4.06. The molecule has 1 aliphatic heterocycles. The second kappa shape index (κ2) is 5.79. The average molecular weight is 275 g/mol. The van der Waals surface area contributed by atoms with Gasteiger partial charge in [0, 0.05) is 5.56 Å².